The molecule has 0 heterocycles. The molecular formula is C8H17NOS. The Kier molecular flexibility index (Phi) is 3.22. The summed E-state index contributed by atoms with van der Waals surface area (Å²) in [5.74, 6) is 0. The van der Waals surface area contributed by atoms with E-state index in [1.807, 2.05) is 18.7 Å². The molecule has 0 saturated heterocycles. The fraction of sp³-hybridized carbons (Fsp3) is 1.00. The standard InChI is InChI=1S/C8H17NOS/c1-3-10-7(6-9)8(11-2)4-5-8/h7H,3-6,9H2,1-2H3. The molecule has 0 aromatic carbocycles. The lowest BCUT2D eigenvalue weighted by Gasteiger charge is -2.23. The third-order valence-electron chi connectivity index (χ3n) is 2.32. The molecule has 2 N–H and O–H groups in total. The van der Waals surface area contributed by atoms with Crippen molar-refractivity contribution in [3.8, 4) is 0 Å². The van der Waals surface area contributed by atoms with Gasteiger partial charge in [0.25, 0.3) is 0 Å². The van der Waals surface area contributed by atoms with E-state index in [1.165, 1.54) is 12.8 Å². The van der Waals surface area contributed by atoms with Gasteiger partial charge in [0.15, 0.2) is 0 Å². The highest BCUT2D eigenvalue weighted by Gasteiger charge is 2.48. The summed E-state index contributed by atoms with van der Waals surface area (Å²) < 4.78 is 5.94. The number of hydrogen-bond acceptors (Lipinski definition) is 3. The summed E-state index contributed by atoms with van der Waals surface area (Å²) in [5, 5.41) is 0. The van der Waals surface area contributed by atoms with E-state index < -0.39 is 0 Å². The summed E-state index contributed by atoms with van der Waals surface area (Å²) in [6, 6.07) is 0. The molecule has 0 radical (unpaired) electrons. The Hall–Kier alpha value is 0.270. The molecule has 1 aliphatic rings. The number of hydrogen-bond donors (Lipinski definition) is 1. The maximum absolute atomic E-state index is 5.62. The zero-order valence-corrected chi connectivity index (χ0v) is 8.12. The molecule has 1 aliphatic carbocycles. The van der Waals surface area contributed by atoms with E-state index in [0.717, 1.165) is 6.61 Å². The molecule has 0 spiro atoms. The molecule has 1 unspecified atom stereocenters. The van der Waals surface area contributed by atoms with Crippen molar-refractivity contribution in [1.29, 1.82) is 0 Å². The van der Waals surface area contributed by atoms with Crippen molar-refractivity contribution >= 4 is 11.8 Å². The number of thioether (sulfide) groups is 1. The average molecular weight is 175 g/mol. The van der Waals surface area contributed by atoms with Crippen LogP contribution in [0, 0.1) is 0 Å². The normalized spacial score (nSPS) is 23.2. The van der Waals surface area contributed by atoms with Crippen LogP contribution in [0.15, 0.2) is 0 Å². The zero-order valence-electron chi connectivity index (χ0n) is 7.30. The SMILES string of the molecule is CCOC(CN)C1(SC)CC1. The van der Waals surface area contributed by atoms with Crippen LogP contribution in [0.3, 0.4) is 0 Å². The highest BCUT2D eigenvalue weighted by atomic mass is 32.2. The molecule has 11 heavy (non-hydrogen) atoms. The smallest absolute Gasteiger partial charge is 0.0843 e. The number of ether oxygens (including phenoxy) is 1. The van der Waals surface area contributed by atoms with Gasteiger partial charge in [-0.3, -0.25) is 0 Å². The second kappa shape index (κ2) is 3.78. The zero-order chi connectivity index (χ0) is 8.32. The van der Waals surface area contributed by atoms with E-state index in [-0.39, 0.29) is 6.10 Å². The first-order valence-corrected chi connectivity index (χ1v) is 5.38. The second-order valence-electron chi connectivity index (χ2n) is 2.95. The molecule has 0 aliphatic heterocycles. The second-order valence-corrected chi connectivity index (χ2v) is 4.17. The van der Waals surface area contributed by atoms with Crippen molar-refractivity contribution in [2.45, 2.75) is 30.6 Å². The lowest BCUT2D eigenvalue weighted by atomic mass is 10.2. The van der Waals surface area contributed by atoms with Crippen LogP contribution in [0.1, 0.15) is 19.8 Å². The fourth-order valence-electron chi connectivity index (χ4n) is 1.42. The average Bonchev–Trinajstić information content (AvgIpc) is 2.81. The van der Waals surface area contributed by atoms with Gasteiger partial charge >= 0.3 is 0 Å². The van der Waals surface area contributed by atoms with Gasteiger partial charge in [0, 0.05) is 17.9 Å². The van der Waals surface area contributed by atoms with Crippen LogP contribution in [-0.4, -0.2) is 30.3 Å². The first-order valence-electron chi connectivity index (χ1n) is 4.16. The van der Waals surface area contributed by atoms with Gasteiger partial charge in [-0.05, 0) is 26.0 Å². The fourth-order valence-corrected chi connectivity index (χ4v) is 2.35. The molecule has 1 saturated carbocycles. The third-order valence-corrected chi connectivity index (χ3v) is 3.80. The number of nitrogens with two attached hydrogens (primary N) is 1. The molecular weight excluding hydrogens is 158 g/mol. The molecule has 2 nitrogen and oxygen atoms in total. The van der Waals surface area contributed by atoms with Gasteiger partial charge in [-0.15, -0.1) is 0 Å². The predicted octanol–water partition coefficient (Wildman–Crippen LogP) is 1.25. The Balaban J connectivity index is 2.40. The minimum absolute atomic E-state index is 0.280. The van der Waals surface area contributed by atoms with E-state index in [2.05, 4.69) is 6.26 Å². The van der Waals surface area contributed by atoms with E-state index in [0.29, 0.717) is 11.3 Å². The summed E-state index contributed by atoms with van der Waals surface area (Å²) in [5.41, 5.74) is 5.62. The van der Waals surface area contributed by atoms with Gasteiger partial charge < -0.3 is 10.5 Å². The lowest BCUT2D eigenvalue weighted by molar-refractivity contribution is 0.0625. The highest BCUT2D eigenvalue weighted by molar-refractivity contribution is 8.00. The van der Waals surface area contributed by atoms with E-state index in [9.17, 15) is 0 Å². The Morgan fingerprint density at radius 3 is 2.55 bits per heavy atom. The van der Waals surface area contributed by atoms with E-state index in [4.69, 9.17) is 10.5 Å². The molecule has 1 rings (SSSR count). The summed E-state index contributed by atoms with van der Waals surface area (Å²) in [6.07, 6.45) is 4.98. The van der Waals surface area contributed by atoms with E-state index in [1.54, 1.807) is 0 Å². The van der Waals surface area contributed by atoms with Crippen LogP contribution in [0.25, 0.3) is 0 Å². The van der Waals surface area contributed by atoms with E-state index >= 15 is 0 Å². The first kappa shape index (κ1) is 9.36. The van der Waals surface area contributed by atoms with Crippen molar-refractivity contribution < 1.29 is 4.74 Å². The Bertz CT molecular complexity index is 125. The van der Waals surface area contributed by atoms with Crippen molar-refractivity contribution in [3.05, 3.63) is 0 Å². The minimum Gasteiger partial charge on any atom is -0.376 e. The molecule has 0 aromatic heterocycles. The Labute approximate surface area is 72.9 Å². The van der Waals surface area contributed by atoms with Gasteiger partial charge in [0.2, 0.25) is 0 Å². The first-order chi connectivity index (χ1) is 5.29. The van der Waals surface area contributed by atoms with Crippen LogP contribution in [0.4, 0.5) is 0 Å². The molecule has 0 amide bonds. The molecule has 1 atom stereocenters. The predicted molar refractivity (Wildman–Crippen MR) is 49.9 cm³/mol. The molecule has 66 valence electrons. The van der Waals surface area contributed by atoms with Crippen molar-refractivity contribution in [1.82, 2.24) is 0 Å². The largest absolute Gasteiger partial charge is 0.376 e. The molecule has 3 heteroatoms. The maximum Gasteiger partial charge on any atom is 0.0843 e. The summed E-state index contributed by atoms with van der Waals surface area (Å²) >= 11 is 1.91. The highest BCUT2D eigenvalue weighted by Crippen LogP contribution is 2.50. The van der Waals surface area contributed by atoms with Crippen molar-refractivity contribution in [3.63, 3.8) is 0 Å². The molecule has 0 aromatic rings. The monoisotopic (exact) mass is 175 g/mol. The van der Waals surface area contributed by atoms with Crippen LogP contribution in [0.2, 0.25) is 0 Å². The topological polar surface area (TPSA) is 35.2 Å². The van der Waals surface area contributed by atoms with Gasteiger partial charge in [-0.1, -0.05) is 0 Å². The minimum atomic E-state index is 0.280. The van der Waals surface area contributed by atoms with Crippen LogP contribution >= 0.6 is 11.8 Å². The van der Waals surface area contributed by atoms with Crippen molar-refractivity contribution in [2.24, 2.45) is 5.73 Å². The van der Waals surface area contributed by atoms with Gasteiger partial charge in [0.1, 0.15) is 0 Å². The summed E-state index contributed by atoms with van der Waals surface area (Å²) in [6.45, 7) is 3.47. The summed E-state index contributed by atoms with van der Waals surface area (Å²) in [4.78, 5) is 0. The van der Waals surface area contributed by atoms with Gasteiger partial charge in [-0.25, -0.2) is 0 Å². The molecule has 1 fully saturated rings. The Morgan fingerprint density at radius 2 is 2.27 bits per heavy atom. The van der Waals surface area contributed by atoms with Gasteiger partial charge in [-0.2, -0.15) is 11.8 Å². The van der Waals surface area contributed by atoms with Crippen LogP contribution in [-0.2, 0) is 4.74 Å². The van der Waals surface area contributed by atoms with Crippen LogP contribution < -0.4 is 5.73 Å². The van der Waals surface area contributed by atoms with Crippen LogP contribution in [0.5, 0.6) is 0 Å². The molecule has 0 bridgehead atoms. The summed E-state index contributed by atoms with van der Waals surface area (Å²) in [7, 11) is 0. The van der Waals surface area contributed by atoms with Gasteiger partial charge in [0.05, 0.1) is 6.10 Å². The third kappa shape index (κ3) is 1.89. The Morgan fingerprint density at radius 1 is 1.64 bits per heavy atom. The maximum atomic E-state index is 5.62. The quantitative estimate of drug-likeness (QED) is 0.683. The lowest BCUT2D eigenvalue weighted by Crippen LogP contribution is -2.35. The number of rotatable bonds is 5. The van der Waals surface area contributed by atoms with Crippen molar-refractivity contribution in [2.75, 3.05) is 19.4 Å².